The molecule has 6 nitrogen and oxygen atoms in total. The van der Waals surface area contributed by atoms with E-state index < -0.39 is 0 Å². The van der Waals surface area contributed by atoms with Gasteiger partial charge in [-0.05, 0) is 50.6 Å². The van der Waals surface area contributed by atoms with Gasteiger partial charge in [-0.15, -0.1) is 10.2 Å². The van der Waals surface area contributed by atoms with E-state index >= 15 is 0 Å². The third kappa shape index (κ3) is 3.87. The fourth-order valence-corrected chi connectivity index (χ4v) is 3.19. The van der Waals surface area contributed by atoms with Crippen molar-refractivity contribution >= 4 is 0 Å². The second-order valence-electron chi connectivity index (χ2n) is 6.99. The van der Waals surface area contributed by atoms with Gasteiger partial charge in [0.1, 0.15) is 0 Å². The average Bonchev–Trinajstić information content (AvgIpc) is 3.40. The fraction of sp³-hybridized carbons (Fsp3) is 0.227. The summed E-state index contributed by atoms with van der Waals surface area (Å²) in [5, 5.41) is 12.0. The Kier molecular flexibility index (Phi) is 5.04. The normalized spacial score (nSPS) is 13.4. The van der Waals surface area contributed by atoms with Crippen LogP contribution in [0, 0.1) is 6.92 Å². The molecule has 0 aliphatic rings. The maximum atomic E-state index is 5.90. The first kappa shape index (κ1) is 18.1. The van der Waals surface area contributed by atoms with Crippen molar-refractivity contribution in [3.63, 3.8) is 0 Å². The third-order valence-corrected chi connectivity index (χ3v) is 4.77. The molecule has 0 spiro atoms. The third-order valence-electron chi connectivity index (χ3n) is 4.77. The van der Waals surface area contributed by atoms with Crippen LogP contribution in [0.15, 0.2) is 71.7 Å². The molecule has 0 unspecified atom stereocenters. The average molecular weight is 373 g/mol. The molecule has 2 heterocycles. The van der Waals surface area contributed by atoms with Gasteiger partial charge in [0.15, 0.2) is 0 Å². The van der Waals surface area contributed by atoms with Gasteiger partial charge in [0, 0.05) is 29.7 Å². The standard InChI is InChI=1S/C22H23N5O/c1-15-5-4-6-19(13-15)22-26-25-21(28-22)17(3)24-16(2)18-7-9-20(10-8-18)27-12-11-23-14-27/h4-14,16-17,24H,1-3H3/t16-,17-/m0/s1. The Hall–Kier alpha value is -3.25. The molecular formula is C22H23N5O. The monoisotopic (exact) mass is 373 g/mol. The van der Waals surface area contributed by atoms with Gasteiger partial charge in [0.25, 0.3) is 0 Å². The SMILES string of the molecule is Cc1cccc(-c2nnc([C@H](C)N[C@@H](C)c3ccc(-n4ccnc4)cc3)o2)c1. The Balaban J connectivity index is 1.44. The van der Waals surface area contributed by atoms with E-state index in [0.717, 1.165) is 16.8 Å². The smallest absolute Gasteiger partial charge is 0.247 e. The lowest BCUT2D eigenvalue weighted by molar-refractivity contribution is 0.395. The number of aromatic nitrogens is 4. The molecule has 0 aliphatic carbocycles. The van der Waals surface area contributed by atoms with E-state index in [-0.39, 0.29) is 12.1 Å². The number of nitrogens with one attached hydrogen (secondary N) is 1. The first-order chi connectivity index (χ1) is 13.6. The van der Waals surface area contributed by atoms with Gasteiger partial charge in [0.2, 0.25) is 11.8 Å². The van der Waals surface area contributed by atoms with Crippen LogP contribution in [0.2, 0.25) is 0 Å². The molecule has 2 aromatic heterocycles. The Morgan fingerprint density at radius 2 is 1.82 bits per heavy atom. The van der Waals surface area contributed by atoms with Crippen LogP contribution in [0.3, 0.4) is 0 Å². The van der Waals surface area contributed by atoms with Gasteiger partial charge in [-0.3, -0.25) is 5.32 Å². The van der Waals surface area contributed by atoms with Crippen molar-refractivity contribution < 1.29 is 4.42 Å². The predicted octanol–water partition coefficient (Wildman–Crippen LogP) is 4.64. The first-order valence-corrected chi connectivity index (χ1v) is 9.35. The van der Waals surface area contributed by atoms with Crippen LogP contribution in [0.4, 0.5) is 0 Å². The highest BCUT2D eigenvalue weighted by atomic mass is 16.4. The summed E-state index contributed by atoms with van der Waals surface area (Å²) >= 11 is 0. The molecule has 1 N–H and O–H groups in total. The molecule has 0 amide bonds. The molecule has 2 aromatic carbocycles. The van der Waals surface area contributed by atoms with Crippen molar-refractivity contribution in [2.75, 3.05) is 0 Å². The van der Waals surface area contributed by atoms with Crippen LogP contribution in [-0.4, -0.2) is 19.7 Å². The van der Waals surface area contributed by atoms with Crippen LogP contribution >= 0.6 is 0 Å². The molecule has 28 heavy (non-hydrogen) atoms. The van der Waals surface area contributed by atoms with E-state index in [1.54, 1.807) is 12.5 Å². The van der Waals surface area contributed by atoms with E-state index in [0.29, 0.717) is 11.8 Å². The molecule has 0 saturated carbocycles. The van der Waals surface area contributed by atoms with E-state index in [1.807, 2.05) is 48.9 Å². The minimum Gasteiger partial charge on any atom is -0.419 e. The lowest BCUT2D eigenvalue weighted by Crippen LogP contribution is -2.22. The van der Waals surface area contributed by atoms with Crippen molar-refractivity contribution in [1.82, 2.24) is 25.1 Å². The predicted molar refractivity (Wildman–Crippen MR) is 108 cm³/mol. The van der Waals surface area contributed by atoms with Crippen LogP contribution in [0.5, 0.6) is 0 Å². The number of imidazole rings is 1. The Bertz CT molecular complexity index is 1040. The molecule has 6 heteroatoms. The van der Waals surface area contributed by atoms with Crippen LogP contribution < -0.4 is 5.32 Å². The number of rotatable bonds is 6. The summed E-state index contributed by atoms with van der Waals surface area (Å²) in [6.45, 7) is 6.20. The van der Waals surface area contributed by atoms with Crippen molar-refractivity contribution in [2.45, 2.75) is 32.9 Å². The highest BCUT2D eigenvalue weighted by molar-refractivity contribution is 5.53. The molecule has 0 bridgehead atoms. The molecule has 0 fully saturated rings. The maximum Gasteiger partial charge on any atom is 0.247 e. The van der Waals surface area contributed by atoms with Gasteiger partial charge in [-0.1, -0.05) is 29.8 Å². The number of benzene rings is 2. The van der Waals surface area contributed by atoms with E-state index in [9.17, 15) is 0 Å². The van der Waals surface area contributed by atoms with Gasteiger partial charge in [-0.2, -0.15) is 0 Å². The second-order valence-corrected chi connectivity index (χ2v) is 6.99. The minimum atomic E-state index is -0.0608. The lowest BCUT2D eigenvalue weighted by Gasteiger charge is -2.18. The lowest BCUT2D eigenvalue weighted by atomic mass is 10.1. The largest absolute Gasteiger partial charge is 0.419 e. The maximum absolute atomic E-state index is 5.90. The van der Waals surface area contributed by atoms with E-state index in [2.05, 4.69) is 51.7 Å². The van der Waals surface area contributed by atoms with Crippen molar-refractivity contribution in [2.24, 2.45) is 0 Å². The number of nitrogens with zero attached hydrogens (tertiary/aromatic N) is 4. The van der Waals surface area contributed by atoms with Gasteiger partial charge >= 0.3 is 0 Å². The summed E-state index contributed by atoms with van der Waals surface area (Å²) in [4.78, 5) is 4.08. The second kappa shape index (κ2) is 7.78. The number of hydrogen-bond acceptors (Lipinski definition) is 5. The Morgan fingerprint density at radius 3 is 2.54 bits per heavy atom. The number of aryl methyl sites for hydroxylation is 1. The molecular weight excluding hydrogens is 350 g/mol. The van der Waals surface area contributed by atoms with E-state index in [4.69, 9.17) is 4.42 Å². The first-order valence-electron chi connectivity index (χ1n) is 9.35. The number of hydrogen-bond donors (Lipinski definition) is 1. The summed E-state index contributed by atoms with van der Waals surface area (Å²) in [6.07, 6.45) is 5.50. The minimum absolute atomic E-state index is 0.0608. The summed E-state index contributed by atoms with van der Waals surface area (Å²) in [5.74, 6) is 1.13. The Morgan fingerprint density at radius 1 is 1.00 bits per heavy atom. The van der Waals surface area contributed by atoms with E-state index in [1.165, 1.54) is 5.56 Å². The van der Waals surface area contributed by atoms with Gasteiger partial charge in [-0.25, -0.2) is 4.98 Å². The van der Waals surface area contributed by atoms with Gasteiger partial charge in [0.05, 0.1) is 12.4 Å². The summed E-state index contributed by atoms with van der Waals surface area (Å²) in [5.41, 5.74) is 4.38. The van der Waals surface area contributed by atoms with Crippen LogP contribution in [-0.2, 0) is 0 Å². The Labute approximate surface area is 164 Å². The zero-order chi connectivity index (χ0) is 19.5. The topological polar surface area (TPSA) is 68.8 Å². The molecule has 2 atom stereocenters. The van der Waals surface area contributed by atoms with Crippen molar-refractivity contribution in [3.8, 4) is 17.1 Å². The molecule has 4 aromatic rings. The highest BCUT2D eigenvalue weighted by Gasteiger charge is 2.18. The zero-order valence-corrected chi connectivity index (χ0v) is 16.2. The van der Waals surface area contributed by atoms with Crippen LogP contribution in [0.1, 0.15) is 42.9 Å². The molecule has 0 radical (unpaired) electrons. The fourth-order valence-electron chi connectivity index (χ4n) is 3.19. The summed E-state index contributed by atoms with van der Waals surface area (Å²) in [6, 6.07) is 16.5. The van der Waals surface area contributed by atoms with Crippen molar-refractivity contribution in [1.29, 1.82) is 0 Å². The molecule has 4 rings (SSSR count). The van der Waals surface area contributed by atoms with Crippen molar-refractivity contribution in [3.05, 3.63) is 84.3 Å². The quantitative estimate of drug-likeness (QED) is 0.533. The molecule has 142 valence electrons. The van der Waals surface area contributed by atoms with Crippen LogP contribution in [0.25, 0.3) is 17.1 Å². The molecule has 0 saturated heterocycles. The molecule has 0 aliphatic heterocycles. The summed E-state index contributed by atoms with van der Waals surface area (Å²) in [7, 11) is 0. The summed E-state index contributed by atoms with van der Waals surface area (Å²) < 4.78 is 7.88. The van der Waals surface area contributed by atoms with Gasteiger partial charge < -0.3 is 8.98 Å². The zero-order valence-electron chi connectivity index (χ0n) is 16.2. The highest BCUT2D eigenvalue weighted by Crippen LogP contribution is 2.24.